The monoisotopic (exact) mass is 271 g/mol. The molecule has 0 amide bonds. The molecule has 0 aliphatic heterocycles. The number of benzene rings is 1. The maximum absolute atomic E-state index is 12.8. The summed E-state index contributed by atoms with van der Waals surface area (Å²) in [5, 5.41) is 8.95. The van der Waals surface area contributed by atoms with E-state index in [1.54, 1.807) is 13.0 Å². The van der Waals surface area contributed by atoms with Crippen molar-refractivity contribution in [3.8, 4) is 6.07 Å². The van der Waals surface area contributed by atoms with Gasteiger partial charge in [-0.25, -0.2) is 8.78 Å². The van der Waals surface area contributed by atoms with Crippen LogP contribution in [0, 0.1) is 11.3 Å². The first-order valence-corrected chi connectivity index (χ1v) is 5.64. The Bertz CT molecular complexity index is 498. The third kappa shape index (κ3) is 3.20. The summed E-state index contributed by atoms with van der Waals surface area (Å²) in [5.41, 5.74) is -0.419. The second kappa shape index (κ2) is 6.36. The lowest BCUT2D eigenvalue weighted by molar-refractivity contribution is -0.142. The number of esters is 1. The highest BCUT2D eigenvalue weighted by Gasteiger charge is 2.20. The first-order chi connectivity index (χ1) is 8.51. The highest BCUT2D eigenvalue weighted by Crippen LogP contribution is 2.31. The minimum Gasteiger partial charge on any atom is -0.466 e. The molecule has 3 nitrogen and oxygen atoms in total. The lowest BCUT2D eigenvalue weighted by Gasteiger charge is -2.11. The van der Waals surface area contributed by atoms with Gasteiger partial charge in [0.15, 0.2) is 0 Å². The lowest BCUT2D eigenvalue weighted by atomic mass is 10.00. The van der Waals surface area contributed by atoms with E-state index in [-0.39, 0.29) is 29.1 Å². The summed E-state index contributed by atoms with van der Waals surface area (Å²) in [4.78, 5) is 11.3. The van der Waals surface area contributed by atoms with Gasteiger partial charge in [0, 0.05) is 10.5 Å². The van der Waals surface area contributed by atoms with Crippen molar-refractivity contribution in [2.24, 2.45) is 0 Å². The Labute approximate surface area is 109 Å². The molecule has 1 aromatic rings. The fraction of sp³-hybridized carbons (Fsp3) is 0.333. The predicted octanol–water partition coefficient (Wildman–Crippen LogP) is 2.89. The molecule has 6 heteroatoms. The predicted molar refractivity (Wildman–Crippen MR) is 63.7 cm³/mol. The topological polar surface area (TPSA) is 50.1 Å². The summed E-state index contributed by atoms with van der Waals surface area (Å²) >= 11 is 3.89. The van der Waals surface area contributed by atoms with E-state index in [2.05, 4.69) is 12.6 Å². The molecule has 18 heavy (non-hydrogen) atoms. The Kier molecular flexibility index (Phi) is 5.10. The number of carbonyl (C=O) groups is 1. The van der Waals surface area contributed by atoms with Crippen molar-refractivity contribution in [2.75, 3.05) is 6.61 Å². The van der Waals surface area contributed by atoms with Crippen molar-refractivity contribution in [1.29, 1.82) is 5.26 Å². The van der Waals surface area contributed by atoms with Crippen molar-refractivity contribution >= 4 is 18.6 Å². The molecule has 0 unspecified atom stereocenters. The first kappa shape index (κ1) is 14.5. The van der Waals surface area contributed by atoms with Gasteiger partial charge in [0.25, 0.3) is 6.43 Å². The second-order valence-electron chi connectivity index (χ2n) is 3.43. The highest BCUT2D eigenvalue weighted by molar-refractivity contribution is 7.80. The Morgan fingerprint density at radius 3 is 2.72 bits per heavy atom. The molecule has 0 spiro atoms. The summed E-state index contributed by atoms with van der Waals surface area (Å²) in [6, 6.07) is 4.48. The molecule has 0 atom stereocenters. The first-order valence-electron chi connectivity index (χ1n) is 5.19. The fourth-order valence-corrected chi connectivity index (χ4v) is 1.81. The van der Waals surface area contributed by atoms with E-state index in [0.717, 1.165) is 0 Å². The molecule has 0 saturated heterocycles. The van der Waals surface area contributed by atoms with Gasteiger partial charge >= 0.3 is 5.97 Å². The Balaban J connectivity index is 3.18. The van der Waals surface area contributed by atoms with Crippen LogP contribution in [0.15, 0.2) is 17.0 Å². The van der Waals surface area contributed by atoms with Gasteiger partial charge in [-0.05, 0) is 18.6 Å². The summed E-state index contributed by atoms with van der Waals surface area (Å²) in [6.45, 7) is 1.84. The average molecular weight is 271 g/mol. The van der Waals surface area contributed by atoms with Crippen LogP contribution in [0.5, 0.6) is 0 Å². The lowest BCUT2D eigenvalue weighted by Crippen LogP contribution is -2.10. The van der Waals surface area contributed by atoms with Gasteiger partial charge in [0.2, 0.25) is 0 Å². The van der Waals surface area contributed by atoms with Gasteiger partial charge in [-0.2, -0.15) is 5.26 Å². The third-order valence-corrected chi connectivity index (χ3v) is 2.67. The van der Waals surface area contributed by atoms with Crippen LogP contribution in [0.4, 0.5) is 8.78 Å². The smallest absolute Gasteiger partial charge is 0.310 e. The molecule has 0 saturated carbocycles. The van der Waals surface area contributed by atoms with Crippen LogP contribution in [0.25, 0.3) is 0 Å². The molecule has 0 fully saturated rings. The number of alkyl halides is 2. The van der Waals surface area contributed by atoms with Crippen LogP contribution >= 0.6 is 12.6 Å². The minimum absolute atomic E-state index is 0.0363. The molecule has 0 aliphatic carbocycles. The van der Waals surface area contributed by atoms with Gasteiger partial charge in [0.05, 0.1) is 24.7 Å². The number of nitriles is 1. The standard InChI is InChI=1S/C12H11F2NO2S/c1-2-17-10(16)5-7-3-4-9(18)11(12(13)14)8(7)6-15/h3-4,12,18H,2,5H2,1H3. The fourth-order valence-electron chi connectivity index (χ4n) is 1.52. The Hall–Kier alpha value is -1.61. The number of carbonyl (C=O) groups excluding carboxylic acids is 1. The molecular weight excluding hydrogens is 260 g/mol. The molecule has 1 rings (SSSR count). The number of hydrogen-bond acceptors (Lipinski definition) is 4. The van der Waals surface area contributed by atoms with Crippen LogP contribution < -0.4 is 0 Å². The Morgan fingerprint density at radius 1 is 1.56 bits per heavy atom. The van der Waals surface area contributed by atoms with Gasteiger partial charge in [0.1, 0.15) is 0 Å². The summed E-state index contributed by atoms with van der Waals surface area (Å²) in [7, 11) is 0. The van der Waals surface area contributed by atoms with Gasteiger partial charge < -0.3 is 4.74 Å². The summed E-state index contributed by atoms with van der Waals surface area (Å²) in [5.74, 6) is -0.555. The van der Waals surface area contributed by atoms with E-state index < -0.39 is 18.0 Å². The second-order valence-corrected chi connectivity index (χ2v) is 3.91. The van der Waals surface area contributed by atoms with Crippen LogP contribution in [-0.4, -0.2) is 12.6 Å². The highest BCUT2D eigenvalue weighted by atomic mass is 32.1. The maximum Gasteiger partial charge on any atom is 0.310 e. The average Bonchev–Trinajstić information content (AvgIpc) is 2.30. The van der Waals surface area contributed by atoms with Crippen molar-refractivity contribution in [3.63, 3.8) is 0 Å². The third-order valence-electron chi connectivity index (χ3n) is 2.28. The van der Waals surface area contributed by atoms with E-state index in [0.29, 0.717) is 0 Å². The normalized spacial score (nSPS) is 10.2. The Morgan fingerprint density at radius 2 is 2.22 bits per heavy atom. The zero-order chi connectivity index (χ0) is 13.7. The van der Waals surface area contributed by atoms with E-state index in [4.69, 9.17) is 10.00 Å². The van der Waals surface area contributed by atoms with E-state index in [1.807, 2.05) is 0 Å². The van der Waals surface area contributed by atoms with E-state index >= 15 is 0 Å². The molecule has 0 aromatic heterocycles. The molecular formula is C12H11F2NO2S. The molecule has 0 aliphatic rings. The quantitative estimate of drug-likeness (QED) is 0.676. The number of ether oxygens (including phenoxy) is 1. The van der Waals surface area contributed by atoms with Gasteiger partial charge in [-0.15, -0.1) is 12.6 Å². The largest absolute Gasteiger partial charge is 0.466 e. The number of nitrogens with zero attached hydrogens (tertiary/aromatic N) is 1. The molecule has 1 aromatic carbocycles. The number of rotatable bonds is 4. The zero-order valence-corrected chi connectivity index (χ0v) is 10.5. The number of thiol groups is 1. The molecule has 0 radical (unpaired) electrons. The van der Waals surface area contributed by atoms with Gasteiger partial charge in [-0.1, -0.05) is 6.07 Å². The van der Waals surface area contributed by atoms with Crippen molar-refractivity contribution in [3.05, 3.63) is 28.8 Å². The minimum atomic E-state index is -2.81. The maximum atomic E-state index is 12.8. The molecule has 96 valence electrons. The summed E-state index contributed by atoms with van der Waals surface area (Å²) in [6.07, 6.45) is -3.01. The van der Waals surface area contributed by atoms with Crippen molar-refractivity contribution in [2.45, 2.75) is 24.7 Å². The van der Waals surface area contributed by atoms with Gasteiger partial charge in [-0.3, -0.25) is 4.79 Å². The molecule has 0 bridgehead atoms. The summed E-state index contributed by atoms with van der Waals surface area (Å²) < 4.78 is 30.4. The van der Waals surface area contributed by atoms with Crippen LogP contribution in [0.1, 0.15) is 30.0 Å². The SMILES string of the molecule is CCOC(=O)Cc1ccc(S)c(C(F)F)c1C#N. The molecule has 0 N–H and O–H groups in total. The van der Waals surface area contributed by atoms with Crippen LogP contribution in [-0.2, 0) is 16.0 Å². The van der Waals surface area contributed by atoms with Crippen molar-refractivity contribution < 1.29 is 18.3 Å². The van der Waals surface area contributed by atoms with Crippen LogP contribution in [0.2, 0.25) is 0 Å². The molecule has 0 heterocycles. The zero-order valence-electron chi connectivity index (χ0n) is 9.61. The van der Waals surface area contributed by atoms with E-state index in [1.165, 1.54) is 12.1 Å². The van der Waals surface area contributed by atoms with E-state index in [9.17, 15) is 13.6 Å². The number of hydrogen-bond donors (Lipinski definition) is 1. The number of halogens is 2. The van der Waals surface area contributed by atoms with Crippen molar-refractivity contribution in [1.82, 2.24) is 0 Å². The van der Waals surface area contributed by atoms with Crippen LogP contribution in [0.3, 0.4) is 0 Å².